The Morgan fingerprint density at radius 2 is 1.56 bits per heavy atom. The summed E-state index contributed by atoms with van der Waals surface area (Å²) >= 11 is 12.4. The molecule has 0 aliphatic carbocycles. The van der Waals surface area contributed by atoms with E-state index in [1.54, 1.807) is 0 Å². The number of ether oxygens (including phenoxy) is 3. The smallest absolute Gasteiger partial charge is 0.323 e. The van der Waals surface area contributed by atoms with Crippen LogP contribution in [0.2, 0.25) is 0 Å². The Morgan fingerprint density at radius 3 is 2.13 bits per heavy atom. The minimum Gasteiger partial charge on any atom is -0.380 e. The van der Waals surface area contributed by atoms with Crippen molar-refractivity contribution in [1.82, 2.24) is 34.8 Å². The molecule has 0 bridgehead atoms. The zero-order chi connectivity index (χ0) is 33.0. The lowest BCUT2D eigenvalue weighted by Crippen LogP contribution is -2.39. The molecule has 0 saturated carbocycles. The van der Waals surface area contributed by atoms with Crippen LogP contribution in [-0.4, -0.2) is 105 Å². The van der Waals surface area contributed by atoms with E-state index >= 15 is 0 Å². The molecular formula is C19H37B2N8O10P3S3. The normalized spacial score (nSPS) is 29.4. The lowest BCUT2D eigenvalue weighted by Gasteiger charge is -2.26. The summed E-state index contributed by atoms with van der Waals surface area (Å²) < 4.78 is 73.6. The van der Waals surface area contributed by atoms with Crippen molar-refractivity contribution in [3.63, 3.8) is 0 Å². The Bertz CT molecular complexity index is 1530. The second-order valence-corrected chi connectivity index (χ2v) is 20.1. The molecule has 18 nitrogen and oxygen atoms in total. The van der Waals surface area contributed by atoms with Crippen molar-refractivity contribution in [3.8, 4) is 0 Å². The zero-order valence-corrected chi connectivity index (χ0v) is 30.0. The van der Waals surface area contributed by atoms with Gasteiger partial charge in [-0.3, -0.25) is 28.0 Å². The molecular weight excluding hydrogens is 711 g/mol. The Balaban J connectivity index is 1.23. The minimum absolute atomic E-state index is 0.00310. The number of thiol groups is 3. The van der Waals surface area contributed by atoms with Gasteiger partial charge >= 0.3 is 20.2 Å². The van der Waals surface area contributed by atoms with Crippen LogP contribution in [0.4, 0.5) is 5.95 Å². The molecule has 26 heteroatoms. The standard InChI is InChI=1S/C19H37B2N8O10P3S3/c1-23-40(31,43)36-6-12-11(5-15(21)38-12)28-42(33,45)37-7-13-10(4-14(20)39-13)27-41(32,44)35-3-2-34-9-29-8-24-16-17(29)25-19(22)26-18(16)30/h8,10-15H,2-7,9,20-21H2,1H3,(H2,23,31,43)(H2,27,32,44)(H2,28,33,45)(H3,22,25,26,30). The maximum Gasteiger partial charge on any atom is 0.323 e. The first-order valence-corrected chi connectivity index (χ1v) is 22.2. The van der Waals surface area contributed by atoms with Gasteiger partial charge in [-0.2, -0.15) is 4.98 Å². The fourth-order valence-corrected chi connectivity index (χ4v) is 9.07. The highest BCUT2D eigenvalue weighted by atomic mass is 32.7. The quantitative estimate of drug-likeness (QED) is 0.0440. The number of hydrogen-bond donors (Lipinski definition) is 8. The first kappa shape index (κ1) is 37.5. The van der Waals surface area contributed by atoms with Gasteiger partial charge in [0, 0.05) is 24.1 Å². The average molecular weight is 748 g/mol. The van der Waals surface area contributed by atoms with Crippen LogP contribution in [0, 0.1) is 0 Å². The molecule has 2 aromatic rings. The maximum absolute atomic E-state index is 13.2. The maximum atomic E-state index is 13.2. The van der Waals surface area contributed by atoms with Crippen molar-refractivity contribution in [2.24, 2.45) is 0 Å². The van der Waals surface area contributed by atoms with E-state index in [-0.39, 0.29) is 62.3 Å². The third-order valence-corrected chi connectivity index (χ3v) is 12.6. The number of nitrogens with one attached hydrogen (secondary N) is 4. The van der Waals surface area contributed by atoms with Crippen molar-refractivity contribution < 1.29 is 41.5 Å². The number of nitrogens with zero attached hydrogens (tertiary/aromatic N) is 3. The van der Waals surface area contributed by atoms with E-state index < -0.39 is 50.0 Å². The molecule has 2 aliphatic rings. The van der Waals surface area contributed by atoms with Gasteiger partial charge in [0.1, 0.15) is 22.4 Å². The van der Waals surface area contributed by atoms with Gasteiger partial charge < -0.3 is 33.5 Å². The number of aromatic nitrogens is 4. The van der Waals surface area contributed by atoms with E-state index in [1.807, 2.05) is 15.7 Å². The molecule has 45 heavy (non-hydrogen) atoms. The number of nitrogen functional groups attached to an aromatic ring is 1. The number of H-pyrrole nitrogens is 1. The van der Waals surface area contributed by atoms with Gasteiger partial charge in [-0.05, 0) is 19.9 Å². The first-order chi connectivity index (χ1) is 21.1. The van der Waals surface area contributed by atoms with Crippen molar-refractivity contribution >= 4 is 89.7 Å². The second kappa shape index (κ2) is 15.9. The van der Waals surface area contributed by atoms with Gasteiger partial charge in [0.15, 0.2) is 11.2 Å². The van der Waals surface area contributed by atoms with E-state index in [2.05, 4.69) is 67.0 Å². The largest absolute Gasteiger partial charge is 0.380 e. The lowest BCUT2D eigenvalue weighted by atomic mass is 9.95. The van der Waals surface area contributed by atoms with Gasteiger partial charge in [0.05, 0.1) is 45.0 Å². The second-order valence-electron chi connectivity index (χ2n) is 10.5. The Kier molecular flexibility index (Phi) is 13.3. The molecule has 0 amide bonds. The zero-order valence-electron chi connectivity index (χ0n) is 24.7. The molecule has 0 aromatic carbocycles. The molecule has 0 spiro atoms. The fourth-order valence-electron chi connectivity index (χ4n) is 4.85. The van der Waals surface area contributed by atoms with Gasteiger partial charge in [0.25, 0.3) is 5.56 Å². The van der Waals surface area contributed by atoms with Crippen LogP contribution >= 0.6 is 56.9 Å². The van der Waals surface area contributed by atoms with Crippen LogP contribution in [-0.2, 0) is 48.2 Å². The molecule has 9 atom stereocenters. The Labute approximate surface area is 276 Å². The predicted molar refractivity (Wildman–Crippen MR) is 183 cm³/mol. The monoisotopic (exact) mass is 748 g/mol. The molecule has 4 rings (SSSR count). The highest BCUT2D eigenvalue weighted by Crippen LogP contribution is 2.52. The van der Waals surface area contributed by atoms with Gasteiger partial charge in [-0.25, -0.2) is 20.2 Å². The number of aromatic amines is 1. The summed E-state index contributed by atoms with van der Waals surface area (Å²) in [6.07, 6.45) is 1.15. The molecule has 2 aromatic heterocycles. The predicted octanol–water partition coefficient (Wildman–Crippen LogP) is -0.529. The van der Waals surface area contributed by atoms with Crippen LogP contribution < -0.4 is 26.6 Å². The summed E-state index contributed by atoms with van der Waals surface area (Å²) in [6.45, 7) is -10.8. The molecule has 252 valence electrons. The molecule has 2 fully saturated rings. The molecule has 0 radical (unpaired) electrons. The van der Waals surface area contributed by atoms with Crippen molar-refractivity contribution in [1.29, 1.82) is 0 Å². The summed E-state index contributed by atoms with van der Waals surface area (Å²) in [5, 5.41) is 8.27. The lowest BCUT2D eigenvalue weighted by molar-refractivity contribution is 0.0397. The fraction of sp³-hybridized carbons (Fsp3) is 0.737. The molecule has 2 aliphatic heterocycles. The van der Waals surface area contributed by atoms with E-state index in [0.717, 1.165) is 0 Å². The summed E-state index contributed by atoms with van der Waals surface area (Å²) in [7, 11) is 5.16. The third-order valence-electron chi connectivity index (χ3n) is 6.87. The molecule has 4 heterocycles. The number of anilines is 1. The van der Waals surface area contributed by atoms with Gasteiger partial charge in [0.2, 0.25) is 5.95 Å². The van der Waals surface area contributed by atoms with Crippen molar-refractivity contribution in [2.75, 3.05) is 39.2 Å². The van der Waals surface area contributed by atoms with E-state index in [4.69, 9.17) is 33.5 Å². The van der Waals surface area contributed by atoms with Gasteiger partial charge in [-0.1, -0.05) is 36.7 Å². The summed E-state index contributed by atoms with van der Waals surface area (Å²) in [5.74, 6) is -0.0490. The average Bonchev–Trinajstić information content (AvgIpc) is 3.61. The topological polar surface area (TPSA) is 232 Å². The highest BCUT2D eigenvalue weighted by Gasteiger charge is 2.41. The number of hydrogen-bond acceptors (Lipinski definition) is 13. The third kappa shape index (κ3) is 11.1. The highest BCUT2D eigenvalue weighted by molar-refractivity contribution is 8.46. The molecule has 2 saturated heterocycles. The van der Waals surface area contributed by atoms with Crippen LogP contribution in [0.5, 0.6) is 0 Å². The van der Waals surface area contributed by atoms with E-state index in [0.29, 0.717) is 12.8 Å². The Morgan fingerprint density at radius 1 is 1.00 bits per heavy atom. The van der Waals surface area contributed by atoms with E-state index in [1.165, 1.54) is 17.9 Å². The summed E-state index contributed by atoms with van der Waals surface area (Å²) in [4.78, 5) is 22.3. The molecule has 6 N–H and O–H groups in total. The summed E-state index contributed by atoms with van der Waals surface area (Å²) in [5.41, 5.74) is 5.52. The number of nitrogens with two attached hydrogens (primary N) is 1. The van der Waals surface area contributed by atoms with Crippen LogP contribution in [0.3, 0.4) is 0 Å². The molecule has 9 unspecified atom stereocenters. The first-order valence-electron chi connectivity index (χ1n) is 13.8. The van der Waals surface area contributed by atoms with Crippen molar-refractivity contribution in [3.05, 3.63) is 16.7 Å². The number of rotatable bonds is 17. The van der Waals surface area contributed by atoms with Crippen LogP contribution in [0.1, 0.15) is 12.8 Å². The minimum atomic E-state index is -3.67. The van der Waals surface area contributed by atoms with Crippen molar-refractivity contribution in [2.45, 2.75) is 55.9 Å². The summed E-state index contributed by atoms with van der Waals surface area (Å²) in [6, 6.07) is -1.33. The van der Waals surface area contributed by atoms with Crippen LogP contribution in [0.25, 0.3) is 11.2 Å². The van der Waals surface area contributed by atoms with Crippen LogP contribution in [0.15, 0.2) is 11.1 Å². The van der Waals surface area contributed by atoms with E-state index in [9.17, 15) is 18.5 Å². The SMILES string of the molecule is BC1CC(NP(=O)(S)OCC2OC(B)CC2NP(=O)(S)OCCOCn2cnc3c(=O)[nH]c(N)nc32)C(COP(=O)(S)NC)O1. The van der Waals surface area contributed by atoms with Gasteiger partial charge in [-0.15, -0.1) is 0 Å². The Hall–Kier alpha value is -0.340. The number of fused-ring (bicyclic) bond motifs is 1. The number of imidazole rings is 1.